The van der Waals surface area contributed by atoms with Crippen molar-refractivity contribution in [1.29, 1.82) is 21.0 Å². The van der Waals surface area contributed by atoms with Gasteiger partial charge in [-0.3, -0.25) is 4.90 Å². The van der Waals surface area contributed by atoms with Gasteiger partial charge in [-0.25, -0.2) is 0 Å². The minimum Gasteiger partial charge on any atom is -0.450 e. The number of aryl methyl sites for hydroxylation is 3. The van der Waals surface area contributed by atoms with Gasteiger partial charge in [-0.2, -0.15) is 21.0 Å². The van der Waals surface area contributed by atoms with Crippen LogP contribution in [-0.4, -0.2) is 6.71 Å². The molecule has 3 heterocycles. The van der Waals surface area contributed by atoms with E-state index in [9.17, 15) is 21.0 Å². The Hall–Kier alpha value is -5.70. The molecule has 7 rings (SSSR count). The Morgan fingerprint density at radius 2 is 1.03 bits per heavy atom. The second kappa shape index (κ2) is 7.66. The van der Waals surface area contributed by atoms with Crippen LogP contribution in [0, 0.1) is 66.1 Å². The summed E-state index contributed by atoms with van der Waals surface area (Å²) in [6.07, 6.45) is 0. The quantitative estimate of drug-likeness (QED) is 0.302. The van der Waals surface area contributed by atoms with E-state index in [1.807, 2.05) is 17.0 Å². The molecular formula is C31H16BN5O2. The summed E-state index contributed by atoms with van der Waals surface area (Å²) in [6, 6.07) is 21.8. The number of ether oxygens (including phenoxy) is 2. The summed E-state index contributed by atoms with van der Waals surface area (Å²) in [4.78, 5) is 1.92. The number of nitrogens with zero attached hydrogens (tertiary/aromatic N) is 5. The summed E-state index contributed by atoms with van der Waals surface area (Å²) in [7, 11) is 0. The lowest BCUT2D eigenvalue weighted by Gasteiger charge is -2.45. The van der Waals surface area contributed by atoms with E-state index in [1.54, 1.807) is 12.1 Å². The predicted octanol–water partition coefficient (Wildman–Crippen LogP) is 4.61. The number of nitriles is 4. The SMILES string of the molecule is Cc1cc(C)c(B2c3ccc(C#N)c4c3N3c5c2ccc(C#N)c5Oc2c(C#N)cc(C#N)c(c23)O4)c(C)c1. The van der Waals surface area contributed by atoms with Gasteiger partial charge in [0.05, 0.1) is 33.6 Å². The number of hydrogen-bond acceptors (Lipinski definition) is 7. The average molecular weight is 501 g/mol. The molecule has 0 aromatic heterocycles. The van der Waals surface area contributed by atoms with E-state index in [4.69, 9.17) is 9.47 Å². The van der Waals surface area contributed by atoms with Crippen LogP contribution >= 0.6 is 0 Å². The van der Waals surface area contributed by atoms with Crippen molar-refractivity contribution >= 4 is 40.2 Å². The van der Waals surface area contributed by atoms with E-state index in [0.717, 1.165) is 33.1 Å². The Morgan fingerprint density at radius 1 is 0.590 bits per heavy atom. The molecule has 0 bridgehead atoms. The van der Waals surface area contributed by atoms with Gasteiger partial charge >= 0.3 is 0 Å². The molecule has 0 fully saturated rings. The molecule has 7 nitrogen and oxygen atoms in total. The van der Waals surface area contributed by atoms with Crippen molar-refractivity contribution in [3.05, 3.63) is 81.4 Å². The first-order valence-electron chi connectivity index (χ1n) is 12.3. The summed E-state index contributed by atoms with van der Waals surface area (Å²) in [5.41, 5.74) is 9.04. The molecule has 0 aliphatic carbocycles. The molecule has 3 aliphatic rings. The molecule has 0 unspecified atom stereocenters. The van der Waals surface area contributed by atoms with Gasteiger partial charge in [0.15, 0.2) is 23.0 Å². The molecule has 0 atom stereocenters. The normalized spacial score (nSPS) is 12.7. The summed E-state index contributed by atoms with van der Waals surface area (Å²) < 4.78 is 12.7. The van der Waals surface area contributed by atoms with E-state index in [-0.39, 0.29) is 29.3 Å². The molecule has 4 aromatic rings. The second-order valence-electron chi connectivity index (χ2n) is 9.97. The van der Waals surface area contributed by atoms with E-state index in [2.05, 4.69) is 57.2 Å². The molecule has 0 N–H and O–H groups in total. The molecule has 0 radical (unpaired) electrons. The van der Waals surface area contributed by atoms with Crippen LogP contribution in [-0.2, 0) is 0 Å². The Bertz CT molecular complexity index is 1890. The van der Waals surface area contributed by atoms with E-state index in [0.29, 0.717) is 39.7 Å². The number of benzene rings is 4. The van der Waals surface area contributed by atoms with Crippen LogP contribution in [0.3, 0.4) is 0 Å². The summed E-state index contributed by atoms with van der Waals surface area (Å²) in [5.74, 6) is 1.10. The van der Waals surface area contributed by atoms with E-state index in [1.165, 1.54) is 6.07 Å². The van der Waals surface area contributed by atoms with E-state index >= 15 is 0 Å². The lowest BCUT2D eigenvalue weighted by molar-refractivity contribution is 0.443. The average Bonchev–Trinajstić information content (AvgIpc) is 2.93. The van der Waals surface area contributed by atoms with E-state index < -0.39 is 0 Å². The topological polar surface area (TPSA) is 117 Å². The highest BCUT2D eigenvalue weighted by atomic mass is 16.5. The first kappa shape index (κ1) is 22.5. The van der Waals surface area contributed by atoms with Gasteiger partial charge in [0.1, 0.15) is 30.0 Å². The Morgan fingerprint density at radius 3 is 1.46 bits per heavy atom. The first-order chi connectivity index (χ1) is 18.9. The molecule has 0 saturated carbocycles. The molecule has 39 heavy (non-hydrogen) atoms. The highest BCUT2D eigenvalue weighted by Gasteiger charge is 2.48. The van der Waals surface area contributed by atoms with Crippen molar-refractivity contribution in [2.24, 2.45) is 0 Å². The van der Waals surface area contributed by atoms with Crippen molar-refractivity contribution in [2.45, 2.75) is 20.8 Å². The second-order valence-corrected chi connectivity index (χ2v) is 9.97. The molecular weight excluding hydrogens is 485 g/mol. The molecule has 0 spiro atoms. The maximum absolute atomic E-state index is 10.0. The third kappa shape index (κ3) is 2.73. The lowest BCUT2D eigenvalue weighted by Crippen LogP contribution is -2.59. The third-order valence-corrected chi connectivity index (χ3v) is 7.74. The fourth-order valence-electron chi connectivity index (χ4n) is 6.36. The van der Waals surface area contributed by atoms with Gasteiger partial charge in [-0.15, -0.1) is 0 Å². The highest BCUT2D eigenvalue weighted by Crippen LogP contribution is 2.62. The molecule has 180 valence electrons. The number of hydrogen-bond donors (Lipinski definition) is 0. The summed E-state index contributed by atoms with van der Waals surface area (Å²) in [6.45, 7) is 6.01. The van der Waals surface area contributed by atoms with Crippen LogP contribution < -0.4 is 30.8 Å². The Kier molecular flexibility index (Phi) is 4.42. The van der Waals surface area contributed by atoms with Gasteiger partial charge in [0.2, 0.25) is 6.71 Å². The predicted molar refractivity (Wildman–Crippen MR) is 145 cm³/mol. The number of rotatable bonds is 1. The first-order valence-corrected chi connectivity index (χ1v) is 12.3. The van der Waals surface area contributed by atoms with Crippen LogP contribution in [0.4, 0.5) is 17.1 Å². The van der Waals surface area contributed by atoms with Crippen molar-refractivity contribution in [3.63, 3.8) is 0 Å². The van der Waals surface area contributed by atoms with Gasteiger partial charge in [0.25, 0.3) is 0 Å². The molecule has 0 saturated heterocycles. The standard InChI is InChI=1S/C31H16BN5O2/c1-15-8-16(2)24(17(3)9-15)32-22-6-4-18(11-33)28-25(22)37-26-23(32)7-5-19(12-34)29(26)39-31-21(14-36)10-20(13-35)30(38-28)27(31)37/h4-10H,1-3H3. The van der Waals surface area contributed by atoms with Crippen molar-refractivity contribution < 1.29 is 9.47 Å². The van der Waals surface area contributed by atoms with Gasteiger partial charge in [-0.05, 0) is 49.9 Å². The maximum atomic E-state index is 10.0. The minimum atomic E-state index is -0.241. The molecule has 8 heteroatoms. The van der Waals surface area contributed by atoms with Crippen LogP contribution in [0.25, 0.3) is 0 Å². The van der Waals surface area contributed by atoms with Crippen molar-refractivity contribution in [2.75, 3.05) is 4.90 Å². The maximum Gasteiger partial charge on any atom is 0.247 e. The molecule has 4 aromatic carbocycles. The fraction of sp³-hybridized carbons (Fsp3) is 0.0968. The summed E-state index contributed by atoms with van der Waals surface area (Å²) >= 11 is 0. The van der Waals surface area contributed by atoms with Crippen LogP contribution in [0.2, 0.25) is 0 Å². The monoisotopic (exact) mass is 501 g/mol. The van der Waals surface area contributed by atoms with Gasteiger partial charge in [-0.1, -0.05) is 46.4 Å². The minimum absolute atomic E-state index is 0.155. The zero-order valence-electron chi connectivity index (χ0n) is 21.2. The zero-order valence-corrected chi connectivity index (χ0v) is 21.2. The van der Waals surface area contributed by atoms with Crippen LogP contribution in [0.15, 0.2) is 42.5 Å². The highest BCUT2D eigenvalue weighted by molar-refractivity contribution is 6.98. The summed E-state index contributed by atoms with van der Waals surface area (Å²) in [5, 5.41) is 40.0. The van der Waals surface area contributed by atoms with Crippen molar-refractivity contribution in [1.82, 2.24) is 0 Å². The fourth-order valence-corrected chi connectivity index (χ4v) is 6.36. The number of anilines is 3. The van der Waals surface area contributed by atoms with Crippen LogP contribution in [0.1, 0.15) is 38.9 Å². The Labute approximate surface area is 225 Å². The smallest absolute Gasteiger partial charge is 0.247 e. The largest absolute Gasteiger partial charge is 0.450 e. The zero-order chi connectivity index (χ0) is 27.2. The van der Waals surface area contributed by atoms with Gasteiger partial charge < -0.3 is 9.47 Å². The molecule has 0 amide bonds. The van der Waals surface area contributed by atoms with Crippen molar-refractivity contribution in [3.8, 4) is 47.3 Å². The molecule has 3 aliphatic heterocycles. The third-order valence-electron chi connectivity index (χ3n) is 7.74. The Balaban J connectivity index is 1.69. The van der Waals surface area contributed by atoms with Gasteiger partial charge in [0, 0.05) is 0 Å². The lowest BCUT2D eigenvalue weighted by atomic mass is 9.33. The van der Waals surface area contributed by atoms with Crippen LogP contribution in [0.5, 0.6) is 23.0 Å².